The zero-order chi connectivity index (χ0) is 25.3. The van der Waals surface area contributed by atoms with Crippen LogP contribution in [0.25, 0.3) is 0 Å². The van der Waals surface area contributed by atoms with Crippen LogP contribution in [0.3, 0.4) is 0 Å². The third-order valence-electron chi connectivity index (χ3n) is 5.04. The average Bonchev–Trinajstić information content (AvgIpc) is 3.12. The van der Waals surface area contributed by atoms with Gasteiger partial charge in [-0.05, 0) is 43.7 Å². The van der Waals surface area contributed by atoms with E-state index < -0.39 is 39.8 Å². The monoisotopic (exact) mass is 498 g/mol. The molecule has 0 spiro atoms. The molecular weight excluding hydrogens is 481 g/mol. The van der Waals surface area contributed by atoms with Crippen LogP contribution in [-0.2, 0) is 15.7 Å². The predicted molar refractivity (Wildman–Crippen MR) is 117 cm³/mol. The third kappa shape index (κ3) is 4.96. The van der Waals surface area contributed by atoms with Crippen molar-refractivity contribution in [2.45, 2.75) is 20.0 Å². The maximum atomic E-state index is 13.0. The van der Waals surface area contributed by atoms with E-state index in [4.69, 9.17) is 16.3 Å². The maximum absolute atomic E-state index is 13.0. The number of hydrogen-bond acceptors (Lipinski definition) is 6. The van der Waals surface area contributed by atoms with Gasteiger partial charge in [0.2, 0.25) is 0 Å². The van der Waals surface area contributed by atoms with Crippen LogP contribution in [0, 0.1) is 15.5 Å². The number of alkyl halides is 3. The minimum Gasteiger partial charge on any atom is -0.465 e. The summed E-state index contributed by atoms with van der Waals surface area (Å²) in [5, 5.41) is 19.0. The van der Waals surface area contributed by atoms with Crippen LogP contribution in [0.15, 0.2) is 47.6 Å². The number of hydrazone groups is 1. The Hall–Kier alpha value is -3.67. The molecule has 0 aromatic heterocycles. The van der Waals surface area contributed by atoms with E-state index in [2.05, 4.69) is 10.4 Å². The predicted octanol–water partition coefficient (Wildman–Crippen LogP) is 5.09. The van der Waals surface area contributed by atoms with Crippen molar-refractivity contribution in [1.29, 1.82) is 0 Å². The van der Waals surface area contributed by atoms with Crippen LogP contribution in [0.1, 0.15) is 25.0 Å². The summed E-state index contributed by atoms with van der Waals surface area (Å²) in [6.07, 6.45) is -4.95. The van der Waals surface area contributed by atoms with Crippen molar-refractivity contribution >= 4 is 40.7 Å². The van der Waals surface area contributed by atoms with Gasteiger partial charge in [-0.15, -0.1) is 0 Å². The first-order chi connectivity index (χ1) is 15.9. The molecule has 3 rings (SSSR count). The van der Waals surface area contributed by atoms with E-state index in [1.807, 2.05) is 0 Å². The normalized spacial score (nSPS) is 17.8. The molecule has 1 unspecified atom stereocenters. The molecule has 2 amide bonds. The molecule has 2 aromatic rings. The van der Waals surface area contributed by atoms with Gasteiger partial charge in [-0.2, -0.15) is 18.3 Å². The molecule has 34 heavy (non-hydrogen) atoms. The lowest BCUT2D eigenvalue weighted by Gasteiger charge is -2.24. The summed E-state index contributed by atoms with van der Waals surface area (Å²) in [4.78, 5) is 35.5. The molecule has 1 aliphatic rings. The Labute approximate surface area is 196 Å². The second kappa shape index (κ2) is 9.29. The van der Waals surface area contributed by atoms with Gasteiger partial charge in [-0.3, -0.25) is 14.9 Å². The highest BCUT2D eigenvalue weighted by Gasteiger charge is 2.48. The van der Waals surface area contributed by atoms with Gasteiger partial charge in [-0.25, -0.2) is 9.80 Å². The number of carbonyl (C=O) groups excluding carboxylic acids is 2. The van der Waals surface area contributed by atoms with E-state index >= 15 is 0 Å². The molecule has 1 N–H and O–H groups in total. The molecule has 0 bridgehead atoms. The fourth-order valence-electron chi connectivity index (χ4n) is 3.38. The first kappa shape index (κ1) is 25.0. The first-order valence-electron chi connectivity index (χ1n) is 9.83. The fourth-order valence-corrected chi connectivity index (χ4v) is 3.51. The zero-order valence-electron chi connectivity index (χ0n) is 17.9. The lowest BCUT2D eigenvalue weighted by atomic mass is 9.82. The molecule has 0 fully saturated rings. The number of ether oxygens (including phenoxy) is 1. The summed E-state index contributed by atoms with van der Waals surface area (Å²) in [6, 6.07) is 7.46. The fraction of sp³-hybridized carbons (Fsp3) is 0.286. The summed E-state index contributed by atoms with van der Waals surface area (Å²) in [5.41, 5.74) is -3.55. The van der Waals surface area contributed by atoms with E-state index in [0.29, 0.717) is 22.7 Å². The Kier molecular flexibility index (Phi) is 6.82. The van der Waals surface area contributed by atoms with Crippen LogP contribution in [0.5, 0.6) is 0 Å². The third-order valence-corrected chi connectivity index (χ3v) is 5.29. The van der Waals surface area contributed by atoms with Crippen molar-refractivity contribution in [3.05, 3.63) is 68.7 Å². The highest BCUT2D eigenvalue weighted by molar-refractivity contribution is 6.30. The van der Waals surface area contributed by atoms with Gasteiger partial charge in [0.15, 0.2) is 0 Å². The van der Waals surface area contributed by atoms with Crippen molar-refractivity contribution in [3.8, 4) is 0 Å². The van der Waals surface area contributed by atoms with Gasteiger partial charge >= 0.3 is 18.2 Å². The molecule has 1 atom stereocenters. The molecule has 0 saturated heterocycles. The van der Waals surface area contributed by atoms with Gasteiger partial charge in [-0.1, -0.05) is 23.7 Å². The Balaban J connectivity index is 1.93. The van der Waals surface area contributed by atoms with E-state index in [1.165, 1.54) is 6.92 Å². The topological polar surface area (TPSA) is 114 Å². The van der Waals surface area contributed by atoms with Gasteiger partial charge in [0, 0.05) is 16.8 Å². The second-order valence-corrected chi connectivity index (χ2v) is 7.92. The first-order valence-corrected chi connectivity index (χ1v) is 10.2. The number of benzene rings is 2. The van der Waals surface area contributed by atoms with Crippen molar-refractivity contribution in [3.63, 3.8) is 0 Å². The van der Waals surface area contributed by atoms with Crippen LogP contribution in [-0.4, -0.2) is 40.8 Å². The van der Waals surface area contributed by atoms with Crippen molar-refractivity contribution in [2.24, 2.45) is 10.5 Å². The van der Waals surface area contributed by atoms with Crippen LogP contribution in [0.4, 0.5) is 29.3 Å². The maximum Gasteiger partial charge on any atom is 0.423 e. The zero-order valence-corrected chi connectivity index (χ0v) is 18.6. The Morgan fingerprint density at radius 1 is 1.26 bits per heavy atom. The Morgan fingerprint density at radius 2 is 1.91 bits per heavy atom. The minimum absolute atomic E-state index is 0.0870. The van der Waals surface area contributed by atoms with Crippen LogP contribution in [0.2, 0.25) is 5.02 Å². The quantitative estimate of drug-likeness (QED) is 0.350. The number of amides is 2. The van der Waals surface area contributed by atoms with Crippen molar-refractivity contribution in [1.82, 2.24) is 5.01 Å². The number of esters is 1. The molecule has 1 aliphatic heterocycles. The number of hydrogen-bond donors (Lipinski definition) is 1. The van der Waals surface area contributed by atoms with Gasteiger partial charge in [0.05, 0.1) is 23.8 Å². The second-order valence-electron chi connectivity index (χ2n) is 7.48. The summed E-state index contributed by atoms with van der Waals surface area (Å²) in [5.74, 6) is -0.635. The molecule has 0 saturated carbocycles. The smallest absolute Gasteiger partial charge is 0.423 e. The number of urea groups is 1. The standard InChI is InChI=1S/C21H18ClF3N4O5/c1-3-34-18(30)20(2)11-28(27-17(20)12-4-6-13(22)7-5-12)19(31)26-14-8-9-15(21(23,24)25)16(10-14)29(32)33/h4-10H,3,11H2,1-2H3,(H,26,31). The summed E-state index contributed by atoms with van der Waals surface area (Å²) < 4.78 is 44.2. The molecule has 0 radical (unpaired) electrons. The number of anilines is 1. The number of nitrogens with one attached hydrogen (secondary N) is 1. The van der Waals surface area contributed by atoms with Crippen LogP contribution < -0.4 is 5.32 Å². The summed E-state index contributed by atoms with van der Waals surface area (Å²) in [6.45, 7) is 3.01. The highest BCUT2D eigenvalue weighted by Crippen LogP contribution is 2.38. The van der Waals surface area contributed by atoms with E-state index in [-0.39, 0.29) is 24.6 Å². The lowest BCUT2D eigenvalue weighted by Crippen LogP contribution is -2.42. The number of nitro benzene ring substituents is 1. The minimum atomic E-state index is -4.95. The lowest BCUT2D eigenvalue weighted by molar-refractivity contribution is -0.388. The van der Waals surface area contributed by atoms with E-state index in [1.54, 1.807) is 31.2 Å². The molecule has 9 nitrogen and oxygen atoms in total. The Bertz CT molecular complexity index is 1170. The van der Waals surface area contributed by atoms with Gasteiger partial charge in [0.1, 0.15) is 11.0 Å². The number of halogens is 4. The molecule has 13 heteroatoms. The van der Waals surface area contributed by atoms with Gasteiger partial charge < -0.3 is 10.1 Å². The summed E-state index contributed by atoms with van der Waals surface area (Å²) in [7, 11) is 0. The molecular formula is C21H18ClF3N4O5. The SMILES string of the molecule is CCOC(=O)C1(C)CN(C(=O)Nc2ccc(C(F)(F)F)c([N+](=O)[O-])c2)N=C1c1ccc(Cl)cc1. The summed E-state index contributed by atoms with van der Waals surface area (Å²) >= 11 is 5.92. The van der Waals surface area contributed by atoms with Gasteiger partial charge in [0.25, 0.3) is 5.69 Å². The van der Waals surface area contributed by atoms with E-state index in [0.717, 1.165) is 11.1 Å². The number of rotatable bonds is 5. The van der Waals surface area contributed by atoms with Crippen molar-refractivity contribution < 1.29 is 32.4 Å². The highest BCUT2D eigenvalue weighted by atomic mass is 35.5. The number of nitro groups is 1. The largest absolute Gasteiger partial charge is 0.465 e. The van der Waals surface area contributed by atoms with Crippen LogP contribution >= 0.6 is 11.6 Å². The molecule has 1 heterocycles. The van der Waals surface area contributed by atoms with Crippen molar-refractivity contribution in [2.75, 3.05) is 18.5 Å². The average molecular weight is 499 g/mol. The van der Waals surface area contributed by atoms with E-state index in [9.17, 15) is 32.9 Å². The molecule has 180 valence electrons. The number of nitrogens with zero attached hydrogens (tertiary/aromatic N) is 3. The number of carbonyl (C=O) groups is 2. The Morgan fingerprint density at radius 3 is 2.47 bits per heavy atom. The molecule has 2 aromatic carbocycles. The molecule has 0 aliphatic carbocycles.